The van der Waals surface area contributed by atoms with Gasteiger partial charge in [0.1, 0.15) is 6.54 Å². The molecule has 2 aromatic carbocycles. The molecule has 1 aliphatic heterocycles. The predicted octanol–water partition coefficient (Wildman–Crippen LogP) is 2.69. The number of sulfonamides is 1. The summed E-state index contributed by atoms with van der Waals surface area (Å²) in [6, 6.07) is 14.4. The summed E-state index contributed by atoms with van der Waals surface area (Å²) in [4.78, 5) is 0.237. The highest BCUT2D eigenvalue weighted by Crippen LogP contribution is 2.24. The van der Waals surface area contributed by atoms with E-state index in [1.54, 1.807) is 24.3 Å². The third-order valence-corrected chi connectivity index (χ3v) is 7.09. The molecular weight excluding hydrogens is 436 g/mol. The van der Waals surface area contributed by atoms with E-state index in [0.717, 1.165) is 36.5 Å². The maximum Gasteiger partial charge on any atom is 0.240 e. The quantitative estimate of drug-likeness (QED) is 0.417. The lowest BCUT2D eigenvalue weighted by Crippen LogP contribution is -2.43. The zero-order valence-electron chi connectivity index (χ0n) is 18.0. The number of nitrogens with zero attached hydrogens (tertiary/aromatic N) is 3. The number of hydrazone groups is 1. The molecule has 0 saturated carbocycles. The third-order valence-electron chi connectivity index (χ3n) is 5.36. The average molecular weight is 466 g/mol. The van der Waals surface area contributed by atoms with Crippen LogP contribution in [0.5, 0.6) is 0 Å². The molecule has 3 rings (SSSR count). The van der Waals surface area contributed by atoms with Gasteiger partial charge >= 0.3 is 0 Å². The Morgan fingerprint density at radius 2 is 1.77 bits per heavy atom. The zero-order valence-corrected chi connectivity index (χ0v) is 19.5. The number of hydrogen-bond acceptors (Lipinski definition) is 5. The van der Waals surface area contributed by atoms with Gasteiger partial charge in [-0.3, -0.25) is 5.01 Å². The second kappa shape index (κ2) is 10.1. The Morgan fingerprint density at radius 1 is 1.10 bits per heavy atom. The van der Waals surface area contributed by atoms with Crippen LogP contribution >= 0.6 is 11.6 Å². The van der Waals surface area contributed by atoms with Crippen molar-refractivity contribution in [1.82, 2.24) is 4.72 Å². The SMILES string of the molecule is C[N+](C)(CCO)CCCNS(=O)(=O)c1ccc(N2CCC(c3ccc(Cl)cc3)=N2)cc1. The molecule has 1 heterocycles. The van der Waals surface area contributed by atoms with Gasteiger partial charge in [0.05, 0.1) is 43.5 Å². The van der Waals surface area contributed by atoms with Gasteiger partial charge in [0.25, 0.3) is 0 Å². The van der Waals surface area contributed by atoms with Crippen molar-refractivity contribution in [2.45, 2.75) is 17.7 Å². The number of anilines is 1. The zero-order chi connectivity index (χ0) is 22.5. The number of halogens is 1. The number of aliphatic hydroxyl groups excluding tert-OH is 1. The predicted molar refractivity (Wildman–Crippen MR) is 125 cm³/mol. The van der Waals surface area contributed by atoms with E-state index in [1.807, 2.05) is 43.4 Å². The molecule has 0 aromatic heterocycles. The highest BCUT2D eigenvalue weighted by atomic mass is 35.5. The molecule has 9 heteroatoms. The Bertz CT molecular complexity index is 1010. The summed E-state index contributed by atoms with van der Waals surface area (Å²) in [7, 11) is 0.471. The number of likely N-dealkylation sites (N-methyl/N-ethyl adjacent to an activating group) is 1. The van der Waals surface area contributed by atoms with Gasteiger partial charge < -0.3 is 9.59 Å². The average Bonchev–Trinajstić information content (AvgIpc) is 3.22. The summed E-state index contributed by atoms with van der Waals surface area (Å²) in [5.74, 6) is 0. The van der Waals surface area contributed by atoms with Crippen LogP contribution in [0.15, 0.2) is 58.5 Å². The lowest BCUT2D eigenvalue weighted by molar-refractivity contribution is -0.890. The second-order valence-corrected chi connectivity index (χ2v) is 10.5. The Hall–Kier alpha value is -1.97. The molecule has 0 aliphatic carbocycles. The van der Waals surface area contributed by atoms with Crippen molar-refractivity contribution >= 4 is 33.0 Å². The summed E-state index contributed by atoms with van der Waals surface area (Å²) in [5, 5.41) is 16.3. The van der Waals surface area contributed by atoms with E-state index < -0.39 is 10.0 Å². The molecule has 0 fully saturated rings. The maximum atomic E-state index is 12.6. The number of rotatable bonds is 10. The molecule has 2 aromatic rings. The van der Waals surface area contributed by atoms with Gasteiger partial charge in [-0.25, -0.2) is 13.1 Å². The molecule has 31 heavy (non-hydrogen) atoms. The van der Waals surface area contributed by atoms with Crippen LogP contribution in [0.1, 0.15) is 18.4 Å². The summed E-state index contributed by atoms with van der Waals surface area (Å²) in [6.07, 6.45) is 1.51. The van der Waals surface area contributed by atoms with Crippen LogP contribution in [0.3, 0.4) is 0 Å². The van der Waals surface area contributed by atoms with Gasteiger partial charge in [0.2, 0.25) is 10.0 Å². The van der Waals surface area contributed by atoms with E-state index in [0.29, 0.717) is 29.0 Å². The number of nitrogens with one attached hydrogen (secondary N) is 1. The summed E-state index contributed by atoms with van der Waals surface area (Å²) < 4.78 is 28.5. The number of hydrogen-bond donors (Lipinski definition) is 2. The monoisotopic (exact) mass is 465 g/mol. The smallest absolute Gasteiger partial charge is 0.240 e. The van der Waals surface area contributed by atoms with Crippen molar-refractivity contribution in [3.05, 3.63) is 59.1 Å². The minimum absolute atomic E-state index is 0.118. The standard InChI is InChI=1S/C22H30ClN4O3S/c1-27(2,16-17-28)15-3-13-24-31(29,30)21-10-8-20(9-11-21)26-14-12-22(25-26)18-4-6-19(23)7-5-18/h4-11,24,28H,3,12-17H2,1-2H3/q+1. The Labute approximate surface area is 189 Å². The lowest BCUT2D eigenvalue weighted by Gasteiger charge is -2.28. The van der Waals surface area contributed by atoms with Crippen LogP contribution in [-0.4, -0.2) is 70.6 Å². The third kappa shape index (κ3) is 6.51. The van der Waals surface area contributed by atoms with E-state index >= 15 is 0 Å². The summed E-state index contributed by atoms with van der Waals surface area (Å²) in [5.41, 5.74) is 2.87. The van der Waals surface area contributed by atoms with Gasteiger partial charge in [0.15, 0.2) is 0 Å². The fourth-order valence-electron chi connectivity index (χ4n) is 3.47. The van der Waals surface area contributed by atoms with Crippen LogP contribution in [0, 0.1) is 0 Å². The fraction of sp³-hybridized carbons (Fsp3) is 0.409. The minimum atomic E-state index is -3.56. The molecule has 0 saturated heterocycles. The van der Waals surface area contributed by atoms with Crippen molar-refractivity contribution in [3.8, 4) is 0 Å². The molecule has 0 radical (unpaired) electrons. The normalized spacial score (nSPS) is 14.7. The van der Waals surface area contributed by atoms with Crippen molar-refractivity contribution in [1.29, 1.82) is 0 Å². The minimum Gasteiger partial charge on any atom is -0.391 e. The number of aliphatic hydroxyl groups is 1. The topological polar surface area (TPSA) is 82.0 Å². The van der Waals surface area contributed by atoms with Crippen molar-refractivity contribution in [2.24, 2.45) is 5.10 Å². The van der Waals surface area contributed by atoms with Crippen LogP contribution in [0.4, 0.5) is 5.69 Å². The van der Waals surface area contributed by atoms with Gasteiger partial charge in [-0.2, -0.15) is 5.10 Å². The van der Waals surface area contributed by atoms with Crippen LogP contribution in [0.25, 0.3) is 0 Å². The first-order valence-corrected chi connectivity index (χ1v) is 12.2. The van der Waals surface area contributed by atoms with E-state index in [-0.39, 0.29) is 11.5 Å². The van der Waals surface area contributed by atoms with E-state index in [4.69, 9.17) is 16.7 Å². The van der Waals surface area contributed by atoms with Gasteiger partial charge in [-0.1, -0.05) is 23.7 Å². The highest BCUT2D eigenvalue weighted by molar-refractivity contribution is 7.89. The summed E-state index contributed by atoms with van der Waals surface area (Å²) in [6.45, 7) is 2.65. The second-order valence-electron chi connectivity index (χ2n) is 8.28. The van der Waals surface area contributed by atoms with Gasteiger partial charge in [0, 0.05) is 31.0 Å². The van der Waals surface area contributed by atoms with Crippen molar-refractivity contribution < 1.29 is 18.0 Å². The fourth-order valence-corrected chi connectivity index (χ4v) is 4.67. The molecule has 0 unspecified atom stereocenters. The molecule has 0 amide bonds. The largest absolute Gasteiger partial charge is 0.391 e. The molecule has 7 nitrogen and oxygen atoms in total. The lowest BCUT2D eigenvalue weighted by atomic mass is 10.1. The van der Waals surface area contributed by atoms with E-state index in [2.05, 4.69) is 9.82 Å². The number of benzene rings is 2. The van der Waals surface area contributed by atoms with Gasteiger partial charge in [-0.15, -0.1) is 0 Å². The van der Waals surface area contributed by atoms with E-state index in [9.17, 15) is 8.42 Å². The van der Waals surface area contributed by atoms with Crippen LogP contribution in [0.2, 0.25) is 5.02 Å². The molecule has 0 spiro atoms. The molecule has 2 N–H and O–H groups in total. The van der Waals surface area contributed by atoms with Crippen molar-refractivity contribution in [3.63, 3.8) is 0 Å². The molecule has 168 valence electrons. The first-order chi connectivity index (χ1) is 14.7. The van der Waals surface area contributed by atoms with E-state index in [1.165, 1.54) is 0 Å². The first-order valence-electron chi connectivity index (χ1n) is 10.3. The molecular formula is C22H30ClN4O3S+. The van der Waals surface area contributed by atoms with Crippen molar-refractivity contribution in [2.75, 3.05) is 51.9 Å². The maximum absolute atomic E-state index is 12.6. The van der Waals surface area contributed by atoms with Gasteiger partial charge in [-0.05, 0) is 42.0 Å². The Morgan fingerprint density at radius 3 is 2.42 bits per heavy atom. The Balaban J connectivity index is 1.58. The molecule has 1 aliphatic rings. The molecule has 0 bridgehead atoms. The first kappa shape index (κ1) is 23.7. The summed E-state index contributed by atoms with van der Waals surface area (Å²) >= 11 is 5.95. The Kier molecular flexibility index (Phi) is 7.72. The van der Waals surface area contributed by atoms with Crippen LogP contribution < -0.4 is 9.73 Å². The molecule has 0 atom stereocenters. The van der Waals surface area contributed by atoms with Crippen LogP contribution in [-0.2, 0) is 10.0 Å². The number of quaternary nitrogens is 1. The highest BCUT2D eigenvalue weighted by Gasteiger charge is 2.20.